The molecule has 0 spiro atoms. The van der Waals surface area contributed by atoms with Crippen LogP contribution in [0.2, 0.25) is 0 Å². The Bertz CT molecular complexity index is 544. The van der Waals surface area contributed by atoms with Gasteiger partial charge in [0.15, 0.2) is 5.78 Å². The van der Waals surface area contributed by atoms with Crippen molar-refractivity contribution >= 4 is 5.78 Å². The summed E-state index contributed by atoms with van der Waals surface area (Å²) in [6.45, 7) is 1.57. The van der Waals surface area contributed by atoms with Crippen LogP contribution in [-0.4, -0.2) is 12.9 Å². The van der Waals surface area contributed by atoms with Crippen LogP contribution in [0.15, 0.2) is 48.5 Å². The highest BCUT2D eigenvalue weighted by Crippen LogP contribution is 2.20. The summed E-state index contributed by atoms with van der Waals surface area (Å²) in [5, 5.41) is 0. The highest BCUT2D eigenvalue weighted by atomic mass is 16.5. The molecular weight excluding hydrogens is 224 g/mol. The monoisotopic (exact) mass is 240 g/mol. The number of methoxy groups -OCH3 is 1. The molecule has 0 aliphatic heterocycles. The van der Waals surface area contributed by atoms with Gasteiger partial charge in [-0.1, -0.05) is 30.3 Å². The topological polar surface area (TPSA) is 26.3 Å². The van der Waals surface area contributed by atoms with E-state index in [4.69, 9.17) is 4.74 Å². The second kappa shape index (κ2) is 5.50. The minimum Gasteiger partial charge on any atom is -0.497 e. The van der Waals surface area contributed by atoms with Crippen molar-refractivity contribution in [1.82, 2.24) is 0 Å². The summed E-state index contributed by atoms with van der Waals surface area (Å²) in [7, 11) is 1.62. The molecule has 2 heteroatoms. The molecule has 0 N–H and O–H groups in total. The number of Topliss-reactive ketones (excluding diaryl/α,β-unsaturated/α-hetero) is 1. The summed E-state index contributed by atoms with van der Waals surface area (Å²) < 4.78 is 5.23. The fraction of sp³-hybridized carbons (Fsp3) is 0.188. The zero-order valence-electron chi connectivity index (χ0n) is 10.6. The van der Waals surface area contributed by atoms with Crippen LogP contribution in [0.1, 0.15) is 28.4 Å². The largest absolute Gasteiger partial charge is 0.497 e. The van der Waals surface area contributed by atoms with E-state index < -0.39 is 0 Å². The highest BCUT2D eigenvalue weighted by molar-refractivity contribution is 5.94. The molecule has 0 unspecified atom stereocenters. The van der Waals surface area contributed by atoms with E-state index in [0.29, 0.717) is 5.56 Å². The maximum absolute atomic E-state index is 11.5. The van der Waals surface area contributed by atoms with Crippen molar-refractivity contribution in [3.05, 3.63) is 65.2 Å². The fourth-order valence-corrected chi connectivity index (χ4v) is 1.92. The van der Waals surface area contributed by atoms with Crippen molar-refractivity contribution in [2.45, 2.75) is 13.3 Å². The number of carbonyl (C=O) groups is 1. The average Bonchev–Trinajstić information content (AvgIpc) is 2.39. The second-order valence-corrected chi connectivity index (χ2v) is 4.29. The summed E-state index contributed by atoms with van der Waals surface area (Å²) in [5.41, 5.74) is 3.01. The van der Waals surface area contributed by atoms with Crippen LogP contribution < -0.4 is 4.74 Å². The van der Waals surface area contributed by atoms with Crippen molar-refractivity contribution in [3.63, 3.8) is 0 Å². The summed E-state index contributed by atoms with van der Waals surface area (Å²) >= 11 is 0. The fourth-order valence-electron chi connectivity index (χ4n) is 1.92. The van der Waals surface area contributed by atoms with Crippen LogP contribution in [0.3, 0.4) is 0 Å². The first-order valence-electron chi connectivity index (χ1n) is 5.92. The second-order valence-electron chi connectivity index (χ2n) is 4.29. The number of hydrogen-bond acceptors (Lipinski definition) is 2. The molecule has 0 aromatic heterocycles. The number of hydrogen-bond donors (Lipinski definition) is 0. The summed E-state index contributed by atoms with van der Waals surface area (Å²) in [6.07, 6.45) is 0.804. The van der Waals surface area contributed by atoms with Crippen molar-refractivity contribution in [1.29, 1.82) is 0 Å². The van der Waals surface area contributed by atoms with Crippen molar-refractivity contribution in [2.75, 3.05) is 7.11 Å². The van der Waals surface area contributed by atoms with Gasteiger partial charge in [-0.25, -0.2) is 0 Å². The molecule has 0 heterocycles. The van der Waals surface area contributed by atoms with Gasteiger partial charge in [0.25, 0.3) is 0 Å². The molecular formula is C16H16O2. The van der Waals surface area contributed by atoms with Crippen molar-refractivity contribution < 1.29 is 9.53 Å². The Kier molecular flexibility index (Phi) is 3.78. The summed E-state index contributed by atoms with van der Waals surface area (Å²) in [5.74, 6) is 0.789. The third kappa shape index (κ3) is 2.98. The minimum absolute atomic E-state index is 0.0585. The zero-order valence-corrected chi connectivity index (χ0v) is 10.6. The normalized spacial score (nSPS) is 10.1. The third-order valence-electron chi connectivity index (χ3n) is 2.86. The maximum atomic E-state index is 11.5. The Labute approximate surface area is 107 Å². The van der Waals surface area contributed by atoms with Gasteiger partial charge in [-0.05, 0) is 42.7 Å². The van der Waals surface area contributed by atoms with Gasteiger partial charge < -0.3 is 4.74 Å². The summed E-state index contributed by atoms with van der Waals surface area (Å²) in [6, 6.07) is 15.9. The Morgan fingerprint density at radius 3 is 2.39 bits per heavy atom. The zero-order chi connectivity index (χ0) is 13.0. The average molecular weight is 240 g/mol. The lowest BCUT2D eigenvalue weighted by Gasteiger charge is -2.07. The SMILES string of the molecule is COc1cc(Cc2ccccc2)cc(C(C)=O)c1. The molecule has 0 bridgehead atoms. The van der Waals surface area contributed by atoms with E-state index in [9.17, 15) is 4.79 Å². The number of rotatable bonds is 4. The Morgan fingerprint density at radius 1 is 1.06 bits per heavy atom. The number of benzene rings is 2. The number of ether oxygens (including phenoxy) is 1. The van der Waals surface area contributed by atoms with Gasteiger partial charge in [-0.15, -0.1) is 0 Å². The maximum Gasteiger partial charge on any atom is 0.159 e. The van der Waals surface area contributed by atoms with Crippen LogP contribution in [0, 0.1) is 0 Å². The number of ketones is 1. The van der Waals surface area contributed by atoms with Gasteiger partial charge >= 0.3 is 0 Å². The molecule has 0 saturated carbocycles. The molecule has 0 saturated heterocycles. The molecule has 18 heavy (non-hydrogen) atoms. The van der Waals surface area contributed by atoms with Crippen LogP contribution in [-0.2, 0) is 6.42 Å². The molecule has 0 atom stereocenters. The molecule has 0 aliphatic carbocycles. The highest BCUT2D eigenvalue weighted by Gasteiger charge is 2.05. The van der Waals surface area contributed by atoms with Crippen molar-refractivity contribution in [2.24, 2.45) is 0 Å². The predicted octanol–water partition coefficient (Wildman–Crippen LogP) is 3.49. The minimum atomic E-state index is 0.0585. The Morgan fingerprint density at radius 2 is 1.78 bits per heavy atom. The lowest BCUT2D eigenvalue weighted by Crippen LogP contribution is -1.97. The molecule has 0 radical (unpaired) electrons. The van der Waals surface area contributed by atoms with E-state index >= 15 is 0 Å². The van der Waals surface area contributed by atoms with E-state index in [1.807, 2.05) is 30.3 Å². The van der Waals surface area contributed by atoms with Gasteiger partial charge in [0.05, 0.1) is 7.11 Å². The molecule has 2 nitrogen and oxygen atoms in total. The molecule has 0 amide bonds. The standard InChI is InChI=1S/C16H16O2/c1-12(17)15-9-14(10-16(11-15)18-2)8-13-6-4-3-5-7-13/h3-7,9-11H,8H2,1-2H3. The van der Waals surface area contributed by atoms with Gasteiger partial charge in [0, 0.05) is 5.56 Å². The van der Waals surface area contributed by atoms with E-state index in [1.54, 1.807) is 20.1 Å². The summed E-state index contributed by atoms with van der Waals surface area (Å²) in [4.78, 5) is 11.5. The molecule has 0 fully saturated rings. The molecule has 92 valence electrons. The molecule has 2 aromatic rings. The van der Waals surface area contributed by atoms with Gasteiger partial charge in [-0.3, -0.25) is 4.79 Å². The van der Waals surface area contributed by atoms with Crippen LogP contribution in [0.4, 0.5) is 0 Å². The van der Waals surface area contributed by atoms with E-state index in [1.165, 1.54) is 5.56 Å². The quantitative estimate of drug-likeness (QED) is 0.765. The van der Waals surface area contributed by atoms with Gasteiger partial charge in [-0.2, -0.15) is 0 Å². The Hall–Kier alpha value is -2.09. The lowest BCUT2D eigenvalue weighted by atomic mass is 10.0. The molecule has 0 aliphatic rings. The van der Waals surface area contributed by atoms with Crippen LogP contribution in [0.5, 0.6) is 5.75 Å². The van der Waals surface area contributed by atoms with Crippen molar-refractivity contribution in [3.8, 4) is 5.75 Å². The molecule has 2 aromatic carbocycles. The Balaban J connectivity index is 2.32. The van der Waals surface area contributed by atoms with Crippen LogP contribution in [0.25, 0.3) is 0 Å². The first-order chi connectivity index (χ1) is 8.69. The first kappa shape index (κ1) is 12.4. The third-order valence-corrected chi connectivity index (χ3v) is 2.86. The van der Waals surface area contributed by atoms with E-state index in [-0.39, 0.29) is 5.78 Å². The van der Waals surface area contributed by atoms with Crippen LogP contribution >= 0.6 is 0 Å². The van der Waals surface area contributed by atoms with E-state index in [2.05, 4.69) is 12.1 Å². The van der Waals surface area contributed by atoms with Gasteiger partial charge in [0.2, 0.25) is 0 Å². The van der Waals surface area contributed by atoms with Gasteiger partial charge in [0.1, 0.15) is 5.75 Å². The first-order valence-corrected chi connectivity index (χ1v) is 5.92. The number of carbonyl (C=O) groups excluding carboxylic acids is 1. The predicted molar refractivity (Wildman–Crippen MR) is 72.2 cm³/mol. The van der Waals surface area contributed by atoms with E-state index in [0.717, 1.165) is 17.7 Å². The molecule has 2 rings (SSSR count). The lowest BCUT2D eigenvalue weighted by molar-refractivity contribution is 0.101. The smallest absolute Gasteiger partial charge is 0.159 e.